The Bertz CT molecular complexity index is 594. The molecule has 0 bridgehead atoms. The number of ether oxygens (including phenoxy) is 1. The summed E-state index contributed by atoms with van der Waals surface area (Å²) in [6.07, 6.45) is 0. The van der Waals surface area contributed by atoms with Crippen LogP contribution in [0.1, 0.15) is 28.4 Å². The second-order valence-corrected chi connectivity index (χ2v) is 7.15. The molecule has 20 heavy (non-hydrogen) atoms. The minimum atomic E-state index is -0.460. The summed E-state index contributed by atoms with van der Waals surface area (Å²) >= 11 is 8.86. The van der Waals surface area contributed by atoms with Crippen LogP contribution in [-0.4, -0.2) is 24.6 Å². The summed E-state index contributed by atoms with van der Waals surface area (Å²) in [6, 6.07) is 4.15. The van der Waals surface area contributed by atoms with Crippen LogP contribution >= 0.6 is 34.3 Å². The highest BCUT2D eigenvalue weighted by molar-refractivity contribution is 7.18. The zero-order chi connectivity index (χ0) is 14.8. The summed E-state index contributed by atoms with van der Waals surface area (Å²) in [5, 5.41) is 6.10. The van der Waals surface area contributed by atoms with Gasteiger partial charge in [-0.15, -0.1) is 11.3 Å². The molecule has 2 rings (SSSR count). The first kappa shape index (κ1) is 15.3. The normalized spacial score (nSPS) is 11.4. The second kappa shape index (κ2) is 6.11. The number of rotatable bonds is 5. The van der Waals surface area contributed by atoms with E-state index in [2.05, 4.69) is 40.3 Å². The summed E-state index contributed by atoms with van der Waals surface area (Å²) in [4.78, 5) is 17.2. The minimum Gasteiger partial charge on any atom is -0.465 e. The molecule has 0 aliphatic carbocycles. The topological polar surface area (TPSA) is 51.2 Å². The molecule has 0 saturated carbocycles. The van der Waals surface area contributed by atoms with Crippen molar-refractivity contribution in [1.82, 2.24) is 4.98 Å². The van der Waals surface area contributed by atoms with Gasteiger partial charge in [-0.25, -0.2) is 9.78 Å². The van der Waals surface area contributed by atoms with Gasteiger partial charge in [0.1, 0.15) is 0 Å². The van der Waals surface area contributed by atoms with Crippen molar-refractivity contribution < 1.29 is 9.53 Å². The summed E-state index contributed by atoms with van der Waals surface area (Å²) in [5.74, 6) is -0.460. The Balaban J connectivity index is 2.06. The molecule has 108 valence electrons. The average molecular weight is 331 g/mol. The highest BCUT2D eigenvalue weighted by Crippen LogP contribution is 2.31. The van der Waals surface area contributed by atoms with Gasteiger partial charge in [-0.2, -0.15) is 0 Å². The number of nitrogens with one attached hydrogen (secondary N) is 1. The van der Waals surface area contributed by atoms with Gasteiger partial charge in [-0.1, -0.05) is 42.9 Å². The molecule has 0 saturated heterocycles. The smallest absolute Gasteiger partial charge is 0.351 e. The first-order valence-electron chi connectivity index (χ1n) is 5.96. The van der Waals surface area contributed by atoms with Gasteiger partial charge in [0.15, 0.2) is 15.2 Å². The number of methoxy groups -OCH3 is 1. The van der Waals surface area contributed by atoms with Gasteiger partial charge in [0.05, 0.1) is 7.11 Å². The van der Waals surface area contributed by atoms with Crippen molar-refractivity contribution in [2.24, 2.45) is 0 Å². The molecule has 0 fully saturated rings. The average Bonchev–Trinajstić information content (AvgIpc) is 3.05. The van der Waals surface area contributed by atoms with E-state index in [9.17, 15) is 4.79 Å². The minimum absolute atomic E-state index is 0.0161. The van der Waals surface area contributed by atoms with Crippen LogP contribution in [0.5, 0.6) is 0 Å². The largest absolute Gasteiger partial charge is 0.465 e. The molecule has 2 heterocycles. The van der Waals surface area contributed by atoms with Crippen molar-refractivity contribution in [3.8, 4) is 0 Å². The third kappa shape index (κ3) is 3.31. The third-order valence-corrected chi connectivity index (χ3v) is 5.44. The number of thiazole rings is 1. The van der Waals surface area contributed by atoms with Crippen LogP contribution in [0.25, 0.3) is 0 Å². The van der Waals surface area contributed by atoms with E-state index in [0.29, 0.717) is 16.6 Å². The molecule has 0 radical (unpaired) electrons. The van der Waals surface area contributed by atoms with E-state index in [1.165, 1.54) is 23.3 Å². The number of carbonyl (C=O) groups excluding carboxylic acids is 1. The van der Waals surface area contributed by atoms with E-state index in [1.54, 1.807) is 11.3 Å². The van der Waals surface area contributed by atoms with Crippen molar-refractivity contribution >= 4 is 45.4 Å². The Labute approximate surface area is 130 Å². The van der Waals surface area contributed by atoms with Crippen LogP contribution in [0.2, 0.25) is 5.15 Å². The van der Waals surface area contributed by atoms with Crippen LogP contribution in [-0.2, 0) is 10.2 Å². The number of anilines is 1. The highest BCUT2D eigenvalue weighted by Gasteiger charge is 2.23. The molecule has 0 amide bonds. The summed E-state index contributed by atoms with van der Waals surface area (Å²) < 4.78 is 4.66. The number of hydrogen-bond acceptors (Lipinski definition) is 6. The molecule has 0 unspecified atom stereocenters. The molecule has 0 aliphatic rings. The van der Waals surface area contributed by atoms with Crippen molar-refractivity contribution in [3.63, 3.8) is 0 Å². The second-order valence-electron chi connectivity index (χ2n) is 4.85. The third-order valence-electron chi connectivity index (χ3n) is 2.83. The standard InChI is InChI=1S/C13H15ClN2O2S2/c1-13(2,8-5-4-6-19-8)7-15-12-16-10(14)9(20-12)11(17)18-3/h4-6H,7H2,1-3H3,(H,15,16). The van der Waals surface area contributed by atoms with Crippen LogP contribution < -0.4 is 5.32 Å². The maximum atomic E-state index is 11.5. The summed E-state index contributed by atoms with van der Waals surface area (Å²) in [6.45, 7) is 5.02. The lowest BCUT2D eigenvalue weighted by atomic mass is 9.91. The first-order chi connectivity index (χ1) is 9.44. The lowest BCUT2D eigenvalue weighted by molar-refractivity contribution is 0.0606. The number of esters is 1. The summed E-state index contributed by atoms with van der Waals surface area (Å²) in [5.41, 5.74) is -0.0161. The first-order valence-corrected chi connectivity index (χ1v) is 8.04. The fourth-order valence-corrected chi connectivity index (χ4v) is 3.59. The molecule has 7 heteroatoms. The number of aromatic nitrogens is 1. The number of halogens is 1. The van der Waals surface area contributed by atoms with Crippen molar-refractivity contribution in [2.45, 2.75) is 19.3 Å². The van der Waals surface area contributed by atoms with Gasteiger partial charge >= 0.3 is 5.97 Å². The number of carbonyl (C=O) groups is 1. The Kier molecular flexibility index (Phi) is 4.67. The monoisotopic (exact) mass is 330 g/mol. The molecule has 2 aromatic rings. The zero-order valence-electron chi connectivity index (χ0n) is 11.4. The highest BCUT2D eigenvalue weighted by atomic mass is 35.5. The van der Waals surface area contributed by atoms with Gasteiger partial charge in [-0.05, 0) is 11.4 Å². The van der Waals surface area contributed by atoms with Crippen molar-refractivity contribution in [2.75, 3.05) is 19.0 Å². The number of nitrogens with zero attached hydrogens (tertiary/aromatic N) is 1. The van der Waals surface area contributed by atoms with Crippen molar-refractivity contribution in [3.05, 3.63) is 32.4 Å². The molecule has 1 N–H and O–H groups in total. The Hall–Kier alpha value is -1.11. The van der Waals surface area contributed by atoms with E-state index in [4.69, 9.17) is 11.6 Å². The van der Waals surface area contributed by atoms with Crippen molar-refractivity contribution in [1.29, 1.82) is 0 Å². The molecular weight excluding hydrogens is 316 g/mol. The Morgan fingerprint density at radius 1 is 1.55 bits per heavy atom. The Morgan fingerprint density at radius 3 is 2.90 bits per heavy atom. The maximum Gasteiger partial charge on any atom is 0.351 e. The molecule has 0 atom stereocenters. The quantitative estimate of drug-likeness (QED) is 0.841. The van der Waals surface area contributed by atoms with E-state index >= 15 is 0 Å². The fourth-order valence-electron chi connectivity index (χ4n) is 1.64. The predicted molar refractivity (Wildman–Crippen MR) is 84.3 cm³/mol. The van der Waals surface area contributed by atoms with E-state index < -0.39 is 5.97 Å². The molecule has 0 aromatic carbocycles. The predicted octanol–water partition coefficient (Wildman–Crippen LogP) is 4.03. The molecule has 2 aromatic heterocycles. The molecule has 0 spiro atoms. The number of thiophene rings is 1. The number of hydrogen-bond donors (Lipinski definition) is 1. The van der Waals surface area contributed by atoms with Crippen LogP contribution in [0.3, 0.4) is 0 Å². The van der Waals surface area contributed by atoms with Gasteiger partial charge in [0, 0.05) is 16.8 Å². The molecular formula is C13H15ClN2O2S2. The molecule has 0 aliphatic heterocycles. The SMILES string of the molecule is COC(=O)c1sc(NCC(C)(C)c2cccs2)nc1Cl. The van der Waals surface area contributed by atoms with Gasteiger partial charge in [-0.3, -0.25) is 0 Å². The van der Waals surface area contributed by atoms with Crippen LogP contribution in [0.4, 0.5) is 5.13 Å². The lowest BCUT2D eigenvalue weighted by Crippen LogP contribution is -2.26. The zero-order valence-corrected chi connectivity index (χ0v) is 13.8. The van der Waals surface area contributed by atoms with Crippen LogP contribution in [0.15, 0.2) is 17.5 Å². The lowest BCUT2D eigenvalue weighted by Gasteiger charge is -2.23. The molecule has 4 nitrogen and oxygen atoms in total. The Morgan fingerprint density at radius 2 is 2.30 bits per heavy atom. The van der Waals surface area contributed by atoms with E-state index in [0.717, 1.165) is 0 Å². The maximum absolute atomic E-state index is 11.5. The van der Waals surface area contributed by atoms with Gasteiger partial charge < -0.3 is 10.1 Å². The summed E-state index contributed by atoms with van der Waals surface area (Å²) in [7, 11) is 1.32. The fraction of sp³-hybridized carbons (Fsp3) is 0.385. The van der Waals surface area contributed by atoms with Crippen LogP contribution in [0, 0.1) is 0 Å². The van der Waals surface area contributed by atoms with Gasteiger partial charge in [0.25, 0.3) is 0 Å². The van der Waals surface area contributed by atoms with E-state index in [1.807, 2.05) is 6.07 Å². The van der Waals surface area contributed by atoms with Gasteiger partial charge in [0.2, 0.25) is 0 Å². The van der Waals surface area contributed by atoms with E-state index in [-0.39, 0.29) is 10.6 Å².